The van der Waals surface area contributed by atoms with Gasteiger partial charge in [-0.2, -0.15) is 0 Å². The third-order valence-electron chi connectivity index (χ3n) is 5.00. The van der Waals surface area contributed by atoms with Crippen LogP contribution in [0.3, 0.4) is 0 Å². The minimum absolute atomic E-state index is 0.0468. The van der Waals surface area contributed by atoms with Crippen LogP contribution in [0.25, 0.3) is 0 Å². The maximum atomic E-state index is 12.1. The Morgan fingerprint density at radius 3 is 2.23 bits per heavy atom. The van der Waals surface area contributed by atoms with E-state index in [-0.39, 0.29) is 5.91 Å². The highest BCUT2D eigenvalue weighted by Gasteiger charge is 2.08. The van der Waals surface area contributed by atoms with Gasteiger partial charge in [-0.25, -0.2) is 0 Å². The van der Waals surface area contributed by atoms with Crippen LogP contribution < -0.4 is 19.5 Å². The van der Waals surface area contributed by atoms with Gasteiger partial charge in [0.05, 0.1) is 14.2 Å². The summed E-state index contributed by atoms with van der Waals surface area (Å²) in [5, 5.41) is 2.99. The molecule has 1 amide bonds. The van der Waals surface area contributed by atoms with Crippen molar-refractivity contribution < 1.29 is 19.0 Å². The van der Waals surface area contributed by atoms with Crippen molar-refractivity contribution in [2.75, 3.05) is 20.8 Å². The Kier molecular flexibility index (Phi) is 8.35. The number of ether oxygens (including phenoxy) is 3. The SMILES string of the molecule is COc1ccc(CCC(=O)NCCc2ccc(OCc3ccccc3)c(OC)c2)cc1. The van der Waals surface area contributed by atoms with Gasteiger partial charge in [0.25, 0.3) is 0 Å². The van der Waals surface area contributed by atoms with Crippen LogP contribution in [0.1, 0.15) is 23.1 Å². The predicted molar refractivity (Wildman–Crippen MR) is 122 cm³/mol. The molecule has 5 nitrogen and oxygen atoms in total. The number of nitrogens with one attached hydrogen (secondary N) is 1. The lowest BCUT2D eigenvalue weighted by atomic mass is 10.1. The van der Waals surface area contributed by atoms with Crippen molar-refractivity contribution in [2.45, 2.75) is 25.9 Å². The lowest BCUT2D eigenvalue weighted by molar-refractivity contribution is -0.121. The summed E-state index contributed by atoms with van der Waals surface area (Å²) < 4.78 is 16.5. The molecule has 0 aliphatic carbocycles. The van der Waals surface area contributed by atoms with Gasteiger partial charge in [-0.05, 0) is 53.8 Å². The number of aryl methyl sites for hydroxylation is 1. The third-order valence-corrected chi connectivity index (χ3v) is 5.00. The van der Waals surface area contributed by atoms with E-state index in [9.17, 15) is 4.79 Å². The normalized spacial score (nSPS) is 10.4. The molecule has 0 heterocycles. The number of carbonyl (C=O) groups excluding carboxylic acids is 1. The van der Waals surface area contributed by atoms with E-state index in [0.717, 1.165) is 28.9 Å². The monoisotopic (exact) mass is 419 g/mol. The first-order valence-electron chi connectivity index (χ1n) is 10.4. The second-order valence-corrected chi connectivity index (χ2v) is 7.21. The first-order chi connectivity index (χ1) is 15.2. The molecule has 3 rings (SSSR count). The first-order valence-corrected chi connectivity index (χ1v) is 10.4. The van der Waals surface area contributed by atoms with E-state index >= 15 is 0 Å². The molecular formula is C26H29NO4. The molecule has 162 valence electrons. The standard InChI is InChI=1S/C26H29NO4/c1-29-23-12-8-20(9-13-23)11-15-26(28)27-17-16-21-10-14-24(25(18-21)30-2)31-19-22-6-4-3-5-7-22/h3-10,12-14,18H,11,15-17,19H2,1-2H3,(H,27,28). The summed E-state index contributed by atoms with van der Waals surface area (Å²) in [6.45, 7) is 1.07. The van der Waals surface area contributed by atoms with Gasteiger partial charge in [0.1, 0.15) is 12.4 Å². The highest BCUT2D eigenvalue weighted by atomic mass is 16.5. The molecule has 0 aromatic heterocycles. The molecule has 0 unspecified atom stereocenters. The van der Waals surface area contributed by atoms with Crippen molar-refractivity contribution in [1.29, 1.82) is 0 Å². The Bertz CT molecular complexity index is 955. The van der Waals surface area contributed by atoms with Gasteiger partial charge in [-0.1, -0.05) is 48.5 Å². The Labute approximate surface area is 184 Å². The summed E-state index contributed by atoms with van der Waals surface area (Å²) in [5.41, 5.74) is 3.30. The Hall–Kier alpha value is -3.47. The predicted octanol–water partition coefficient (Wildman–Crippen LogP) is 4.57. The van der Waals surface area contributed by atoms with Crippen LogP contribution in [-0.4, -0.2) is 26.7 Å². The molecule has 5 heteroatoms. The number of hydrogen-bond donors (Lipinski definition) is 1. The fourth-order valence-corrected chi connectivity index (χ4v) is 3.21. The van der Waals surface area contributed by atoms with Gasteiger partial charge in [-0.3, -0.25) is 4.79 Å². The fourth-order valence-electron chi connectivity index (χ4n) is 3.21. The van der Waals surface area contributed by atoms with Gasteiger partial charge in [-0.15, -0.1) is 0 Å². The van der Waals surface area contributed by atoms with Gasteiger partial charge < -0.3 is 19.5 Å². The average molecular weight is 420 g/mol. The summed E-state index contributed by atoms with van der Waals surface area (Å²) in [4.78, 5) is 12.1. The maximum Gasteiger partial charge on any atom is 0.220 e. The van der Waals surface area contributed by atoms with Crippen molar-refractivity contribution >= 4 is 5.91 Å². The Morgan fingerprint density at radius 1 is 0.774 bits per heavy atom. The average Bonchev–Trinajstić information content (AvgIpc) is 2.82. The molecule has 3 aromatic carbocycles. The second kappa shape index (κ2) is 11.6. The number of methoxy groups -OCH3 is 2. The fraction of sp³-hybridized carbons (Fsp3) is 0.269. The smallest absolute Gasteiger partial charge is 0.220 e. The van der Waals surface area contributed by atoms with Crippen molar-refractivity contribution in [3.05, 3.63) is 89.5 Å². The van der Waals surface area contributed by atoms with Crippen LogP contribution in [0.2, 0.25) is 0 Å². The summed E-state index contributed by atoms with van der Waals surface area (Å²) in [5.74, 6) is 2.27. The van der Waals surface area contributed by atoms with E-state index in [1.54, 1.807) is 14.2 Å². The zero-order valence-corrected chi connectivity index (χ0v) is 18.1. The molecule has 0 saturated heterocycles. The number of hydrogen-bond acceptors (Lipinski definition) is 4. The van der Waals surface area contributed by atoms with Gasteiger partial charge in [0.15, 0.2) is 11.5 Å². The number of carbonyl (C=O) groups is 1. The lowest BCUT2D eigenvalue weighted by Crippen LogP contribution is -2.25. The molecule has 31 heavy (non-hydrogen) atoms. The number of amides is 1. The van der Waals surface area contributed by atoms with E-state index in [4.69, 9.17) is 14.2 Å². The summed E-state index contributed by atoms with van der Waals surface area (Å²) in [6, 6.07) is 23.7. The van der Waals surface area contributed by atoms with E-state index in [1.165, 1.54) is 0 Å². The van der Waals surface area contributed by atoms with Crippen molar-refractivity contribution in [3.63, 3.8) is 0 Å². The van der Waals surface area contributed by atoms with Crippen LogP contribution in [0.4, 0.5) is 0 Å². The Balaban J connectivity index is 1.43. The van der Waals surface area contributed by atoms with Gasteiger partial charge in [0.2, 0.25) is 5.91 Å². The molecule has 0 aliphatic heterocycles. The van der Waals surface area contributed by atoms with Crippen LogP contribution in [-0.2, 0) is 24.2 Å². The summed E-state index contributed by atoms with van der Waals surface area (Å²) in [7, 11) is 3.28. The van der Waals surface area contributed by atoms with Crippen molar-refractivity contribution in [2.24, 2.45) is 0 Å². The zero-order valence-electron chi connectivity index (χ0n) is 18.1. The maximum absolute atomic E-state index is 12.1. The van der Waals surface area contributed by atoms with Gasteiger partial charge >= 0.3 is 0 Å². The van der Waals surface area contributed by atoms with E-state index in [2.05, 4.69) is 5.32 Å². The van der Waals surface area contributed by atoms with Crippen LogP contribution in [0, 0.1) is 0 Å². The summed E-state index contributed by atoms with van der Waals surface area (Å²) in [6.07, 6.45) is 1.89. The van der Waals surface area contributed by atoms with E-state index in [0.29, 0.717) is 37.5 Å². The molecule has 0 radical (unpaired) electrons. The zero-order chi connectivity index (χ0) is 21.9. The number of benzene rings is 3. The molecule has 0 atom stereocenters. The molecule has 0 fully saturated rings. The van der Waals surface area contributed by atoms with Gasteiger partial charge in [0, 0.05) is 13.0 Å². The molecular weight excluding hydrogens is 390 g/mol. The highest BCUT2D eigenvalue weighted by molar-refractivity contribution is 5.76. The quantitative estimate of drug-likeness (QED) is 0.495. The highest BCUT2D eigenvalue weighted by Crippen LogP contribution is 2.29. The molecule has 1 N–H and O–H groups in total. The molecule has 0 aliphatic rings. The van der Waals surface area contributed by atoms with Crippen LogP contribution in [0.15, 0.2) is 72.8 Å². The Morgan fingerprint density at radius 2 is 1.52 bits per heavy atom. The number of rotatable bonds is 11. The topological polar surface area (TPSA) is 56.8 Å². The molecule has 3 aromatic rings. The summed E-state index contributed by atoms with van der Waals surface area (Å²) >= 11 is 0. The molecule has 0 saturated carbocycles. The second-order valence-electron chi connectivity index (χ2n) is 7.21. The van der Waals surface area contributed by atoms with E-state index in [1.807, 2.05) is 72.8 Å². The minimum atomic E-state index is 0.0468. The largest absolute Gasteiger partial charge is 0.497 e. The molecule has 0 spiro atoms. The van der Waals surface area contributed by atoms with Crippen molar-refractivity contribution in [1.82, 2.24) is 5.32 Å². The third kappa shape index (κ3) is 7.07. The minimum Gasteiger partial charge on any atom is -0.497 e. The van der Waals surface area contributed by atoms with Crippen LogP contribution >= 0.6 is 0 Å². The first kappa shape index (κ1) is 22.2. The van der Waals surface area contributed by atoms with E-state index < -0.39 is 0 Å². The van der Waals surface area contributed by atoms with Crippen molar-refractivity contribution in [3.8, 4) is 17.2 Å². The lowest BCUT2D eigenvalue weighted by Gasteiger charge is -2.13. The van der Waals surface area contributed by atoms with Crippen LogP contribution in [0.5, 0.6) is 17.2 Å². The molecule has 0 bridgehead atoms.